The van der Waals surface area contributed by atoms with Crippen LogP contribution in [0.5, 0.6) is 0 Å². The molecule has 2 fully saturated rings. The zero-order valence-corrected chi connectivity index (χ0v) is 9.11. The quantitative estimate of drug-likeness (QED) is 0.714. The second-order valence-electron chi connectivity index (χ2n) is 4.73. The number of morpholine rings is 1. The first-order valence-corrected chi connectivity index (χ1v) is 5.85. The van der Waals surface area contributed by atoms with Gasteiger partial charge in [0.25, 0.3) is 0 Å². The summed E-state index contributed by atoms with van der Waals surface area (Å²) in [5.74, 6) is 0.773. The topological polar surface area (TPSA) is 38.5 Å². The van der Waals surface area contributed by atoms with Crippen LogP contribution >= 0.6 is 0 Å². The summed E-state index contributed by atoms with van der Waals surface area (Å²) in [6.07, 6.45) is 3.97. The van der Waals surface area contributed by atoms with Crippen LogP contribution in [0.3, 0.4) is 0 Å². The molecule has 82 valence electrons. The number of rotatable bonds is 2. The monoisotopic (exact) mass is 198 g/mol. The van der Waals surface area contributed by atoms with Crippen LogP contribution in [-0.2, 0) is 4.74 Å². The smallest absolute Gasteiger partial charge is 0.0619 e. The fraction of sp³-hybridized carbons (Fsp3) is 1.00. The molecule has 1 saturated heterocycles. The summed E-state index contributed by atoms with van der Waals surface area (Å²) in [7, 11) is 0. The molecule has 1 saturated carbocycles. The Morgan fingerprint density at radius 1 is 1.43 bits per heavy atom. The van der Waals surface area contributed by atoms with Gasteiger partial charge in [-0.1, -0.05) is 0 Å². The van der Waals surface area contributed by atoms with E-state index >= 15 is 0 Å². The maximum Gasteiger partial charge on any atom is 0.0619 e. The average Bonchev–Trinajstić information content (AvgIpc) is 2.67. The molecule has 3 heteroatoms. The van der Waals surface area contributed by atoms with Crippen molar-refractivity contribution in [3.05, 3.63) is 0 Å². The van der Waals surface area contributed by atoms with Crippen molar-refractivity contribution in [1.82, 2.24) is 4.90 Å². The standard InChI is InChI=1S/C11H22N2O/c1-9-8-14-5-4-13(9)11-3-2-10(6-11)7-12/h9-11H,2-8,12H2,1H3. The number of nitrogens with two attached hydrogens (primary N) is 1. The maximum absolute atomic E-state index is 5.72. The van der Waals surface area contributed by atoms with Gasteiger partial charge in [0.1, 0.15) is 0 Å². The van der Waals surface area contributed by atoms with Gasteiger partial charge < -0.3 is 10.5 Å². The van der Waals surface area contributed by atoms with Crippen molar-refractivity contribution in [2.75, 3.05) is 26.3 Å². The highest BCUT2D eigenvalue weighted by atomic mass is 16.5. The van der Waals surface area contributed by atoms with Crippen molar-refractivity contribution in [2.24, 2.45) is 11.7 Å². The van der Waals surface area contributed by atoms with Crippen LogP contribution in [0.25, 0.3) is 0 Å². The second kappa shape index (κ2) is 4.60. The summed E-state index contributed by atoms with van der Waals surface area (Å²) in [5.41, 5.74) is 5.72. The Bertz CT molecular complexity index is 186. The lowest BCUT2D eigenvalue weighted by atomic mass is 10.1. The first-order chi connectivity index (χ1) is 6.81. The molecular weight excluding hydrogens is 176 g/mol. The van der Waals surface area contributed by atoms with Gasteiger partial charge in [-0.15, -0.1) is 0 Å². The van der Waals surface area contributed by atoms with Gasteiger partial charge in [-0.25, -0.2) is 0 Å². The van der Waals surface area contributed by atoms with E-state index in [1.807, 2.05) is 0 Å². The Morgan fingerprint density at radius 3 is 2.93 bits per heavy atom. The summed E-state index contributed by atoms with van der Waals surface area (Å²) in [5, 5.41) is 0. The van der Waals surface area contributed by atoms with Crippen LogP contribution in [0.2, 0.25) is 0 Å². The van der Waals surface area contributed by atoms with Crippen LogP contribution in [-0.4, -0.2) is 43.3 Å². The Hall–Kier alpha value is -0.120. The van der Waals surface area contributed by atoms with E-state index in [0.717, 1.165) is 38.3 Å². The van der Waals surface area contributed by atoms with E-state index in [9.17, 15) is 0 Å². The van der Waals surface area contributed by atoms with E-state index in [2.05, 4.69) is 11.8 Å². The van der Waals surface area contributed by atoms with Crippen molar-refractivity contribution >= 4 is 0 Å². The third-order valence-corrected chi connectivity index (χ3v) is 3.73. The van der Waals surface area contributed by atoms with E-state index in [0.29, 0.717) is 6.04 Å². The zero-order chi connectivity index (χ0) is 9.97. The minimum atomic E-state index is 0.602. The molecule has 14 heavy (non-hydrogen) atoms. The fourth-order valence-electron chi connectivity index (χ4n) is 2.85. The molecule has 1 aliphatic carbocycles. The van der Waals surface area contributed by atoms with Gasteiger partial charge in [0.05, 0.1) is 13.2 Å². The summed E-state index contributed by atoms with van der Waals surface area (Å²) in [4.78, 5) is 2.62. The molecule has 2 aliphatic rings. The Kier molecular flexibility index (Phi) is 3.42. The lowest BCUT2D eigenvalue weighted by Gasteiger charge is -2.38. The molecular formula is C11H22N2O. The van der Waals surface area contributed by atoms with Gasteiger partial charge in [0.15, 0.2) is 0 Å². The molecule has 1 heterocycles. The molecule has 0 aromatic carbocycles. The third kappa shape index (κ3) is 2.10. The molecule has 0 radical (unpaired) electrons. The summed E-state index contributed by atoms with van der Waals surface area (Å²) in [6.45, 7) is 6.07. The maximum atomic E-state index is 5.72. The summed E-state index contributed by atoms with van der Waals surface area (Å²) in [6, 6.07) is 1.38. The fourth-order valence-corrected chi connectivity index (χ4v) is 2.85. The van der Waals surface area contributed by atoms with Crippen molar-refractivity contribution < 1.29 is 4.74 Å². The van der Waals surface area contributed by atoms with Gasteiger partial charge in [-0.2, -0.15) is 0 Å². The Labute approximate surface area is 86.6 Å². The predicted octanol–water partition coefficient (Wildman–Crippen LogP) is 0.834. The SMILES string of the molecule is CC1COCCN1C1CCC(CN)C1. The number of ether oxygens (including phenoxy) is 1. The van der Waals surface area contributed by atoms with Crippen molar-refractivity contribution in [2.45, 2.75) is 38.3 Å². The minimum Gasteiger partial charge on any atom is -0.379 e. The van der Waals surface area contributed by atoms with Crippen LogP contribution in [0, 0.1) is 5.92 Å². The first-order valence-electron chi connectivity index (χ1n) is 5.85. The molecule has 0 aromatic heterocycles. The third-order valence-electron chi connectivity index (χ3n) is 3.73. The largest absolute Gasteiger partial charge is 0.379 e. The minimum absolute atomic E-state index is 0.602. The normalized spacial score (nSPS) is 40.3. The van der Waals surface area contributed by atoms with E-state index < -0.39 is 0 Å². The van der Waals surface area contributed by atoms with E-state index in [1.165, 1.54) is 19.3 Å². The van der Waals surface area contributed by atoms with Crippen LogP contribution in [0.1, 0.15) is 26.2 Å². The van der Waals surface area contributed by atoms with Gasteiger partial charge in [-0.3, -0.25) is 4.90 Å². The van der Waals surface area contributed by atoms with Crippen LogP contribution < -0.4 is 5.73 Å². The molecule has 1 aliphatic heterocycles. The number of hydrogen-bond donors (Lipinski definition) is 1. The molecule has 0 aromatic rings. The highest BCUT2D eigenvalue weighted by Gasteiger charge is 2.32. The molecule has 3 atom stereocenters. The van der Waals surface area contributed by atoms with E-state index in [1.54, 1.807) is 0 Å². The molecule has 0 bridgehead atoms. The van der Waals surface area contributed by atoms with Crippen molar-refractivity contribution in [3.63, 3.8) is 0 Å². The lowest BCUT2D eigenvalue weighted by Crippen LogP contribution is -2.48. The molecule has 0 amide bonds. The summed E-state index contributed by atoms with van der Waals surface area (Å²) >= 11 is 0. The van der Waals surface area contributed by atoms with Gasteiger partial charge in [0, 0.05) is 18.6 Å². The molecule has 0 spiro atoms. The number of hydrogen-bond acceptors (Lipinski definition) is 3. The van der Waals surface area contributed by atoms with Crippen LogP contribution in [0.15, 0.2) is 0 Å². The zero-order valence-electron chi connectivity index (χ0n) is 9.11. The van der Waals surface area contributed by atoms with Gasteiger partial charge in [-0.05, 0) is 38.6 Å². The summed E-state index contributed by atoms with van der Waals surface area (Å²) < 4.78 is 5.46. The van der Waals surface area contributed by atoms with Crippen molar-refractivity contribution in [1.29, 1.82) is 0 Å². The highest BCUT2D eigenvalue weighted by Crippen LogP contribution is 2.30. The molecule has 2 N–H and O–H groups in total. The number of nitrogens with zero attached hydrogens (tertiary/aromatic N) is 1. The molecule has 3 unspecified atom stereocenters. The predicted molar refractivity (Wildman–Crippen MR) is 57.2 cm³/mol. The second-order valence-corrected chi connectivity index (χ2v) is 4.73. The van der Waals surface area contributed by atoms with E-state index in [-0.39, 0.29) is 0 Å². The molecule has 3 nitrogen and oxygen atoms in total. The van der Waals surface area contributed by atoms with E-state index in [4.69, 9.17) is 10.5 Å². The first kappa shape index (κ1) is 10.4. The molecule has 2 rings (SSSR count). The highest BCUT2D eigenvalue weighted by molar-refractivity contribution is 4.86. The Morgan fingerprint density at radius 2 is 2.29 bits per heavy atom. The average molecular weight is 198 g/mol. The van der Waals surface area contributed by atoms with Crippen molar-refractivity contribution in [3.8, 4) is 0 Å². The van der Waals surface area contributed by atoms with Crippen LogP contribution in [0.4, 0.5) is 0 Å². The lowest BCUT2D eigenvalue weighted by molar-refractivity contribution is -0.0212. The van der Waals surface area contributed by atoms with Gasteiger partial charge in [0.2, 0.25) is 0 Å². The van der Waals surface area contributed by atoms with Gasteiger partial charge >= 0.3 is 0 Å². The Balaban J connectivity index is 1.88.